The van der Waals surface area contributed by atoms with Gasteiger partial charge >= 0.3 is 12.1 Å². The zero-order valence-electron chi connectivity index (χ0n) is 16.8. The number of hydrogen-bond donors (Lipinski definition) is 0. The Morgan fingerprint density at radius 3 is 2.68 bits per heavy atom. The molecule has 7 heteroatoms. The van der Waals surface area contributed by atoms with Crippen molar-refractivity contribution in [3.63, 3.8) is 0 Å². The Hall–Kier alpha value is -2.31. The summed E-state index contributed by atoms with van der Waals surface area (Å²) in [4.78, 5) is 38.8. The minimum absolute atomic E-state index is 0.0579. The van der Waals surface area contributed by atoms with Crippen LogP contribution in [0.25, 0.3) is 0 Å². The van der Waals surface area contributed by atoms with Crippen molar-refractivity contribution in [3.05, 3.63) is 23.5 Å². The molecule has 28 heavy (non-hydrogen) atoms. The molecule has 0 bridgehead atoms. The van der Waals surface area contributed by atoms with Crippen LogP contribution in [0.15, 0.2) is 23.5 Å². The summed E-state index contributed by atoms with van der Waals surface area (Å²) in [7, 11) is 0. The molecule has 0 N–H and O–H groups in total. The quantitative estimate of drug-likeness (QED) is 0.409. The molecule has 0 aromatic heterocycles. The topological polar surface area (TPSA) is 82.1 Å². The fourth-order valence-corrected chi connectivity index (χ4v) is 5.05. The van der Waals surface area contributed by atoms with E-state index in [0.717, 1.165) is 25.7 Å². The molecule has 2 aliphatic heterocycles. The van der Waals surface area contributed by atoms with E-state index in [2.05, 4.69) is 0 Å². The monoisotopic (exact) mass is 389 g/mol. The molecule has 2 saturated carbocycles. The van der Waals surface area contributed by atoms with Crippen LogP contribution >= 0.6 is 0 Å². The molecule has 152 valence electrons. The lowest BCUT2D eigenvalue weighted by Gasteiger charge is -2.29. The molecule has 3 fully saturated rings. The van der Waals surface area contributed by atoms with Crippen LogP contribution in [0.5, 0.6) is 0 Å². The predicted octanol–water partition coefficient (Wildman–Crippen LogP) is 3.30. The predicted molar refractivity (Wildman–Crippen MR) is 98.6 cm³/mol. The summed E-state index contributed by atoms with van der Waals surface area (Å²) in [5, 5.41) is 0. The van der Waals surface area contributed by atoms with Crippen molar-refractivity contribution in [1.29, 1.82) is 0 Å². The second kappa shape index (κ2) is 6.64. The van der Waals surface area contributed by atoms with Crippen molar-refractivity contribution in [2.45, 2.75) is 71.3 Å². The first-order valence-corrected chi connectivity index (χ1v) is 9.97. The van der Waals surface area contributed by atoms with E-state index in [1.54, 1.807) is 33.8 Å². The van der Waals surface area contributed by atoms with E-state index < -0.39 is 24.0 Å². The standard InChI is InChI=1S/C21H27NO6/c1-11-8-16(27-19(11)24)26-10-15-14-9-12-6-5-7-13(12)17(14)22(18(15)23)20(25)28-21(2,3)4/h8,10,12-14,16-17H,5-7,9H2,1-4H3/b15-10+/t12-,13-,14+,16?,17+/m0/s1. The lowest BCUT2D eigenvalue weighted by atomic mass is 9.94. The maximum Gasteiger partial charge on any atom is 0.417 e. The molecule has 0 aromatic rings. The van der Waals surface area contributed by atoms with Crippen LogP contribution in [-0.4, -0.2) is 40.8 Å². The summed E-state index contributed by atoms with van der Waals surface area (Å²) in [6, 6.07) is -0.173. The van der Waals surface area contributed by atoms with Gasteiger partial charge in [-0.25, -0.2) is 14.5 Å². The first kappa shape index (κ1) is 19.0. The molecule has 2 aliphatic carbocycles. The van der Waals surface area contributed by atoms with Crippen LogP contribution in [0.2, 0.25) is 0 Å². The average molecular weight is 389 g/mol. The maximum atomic E-state index is 13.1. The van der Waals surface area contributed by atoms with E-state index in [9.17, 15) is 14.4 Å². The van der Waals surface area contributed by atoms with Gasteiger partial charge in [0.15, 0.2) is 0 Å². The molecule has 4 rings (SSSR count). The Labute approximate surface area is 164 Å². The minimum Gasteiger partial charge on any atom is -0.458 e. The van der Waals surface area contributed by atoms with E-state index >= 15 is 0 Å². The van der Waals surface area contributed by atoms with Gasteiger partial charge in [-0.05, 0) is 52.4 Å². The number of cyclic esters (lactones) is 1. The Bertz CT molecular complexity index is 776. The van der Waals surface area contributed by atoms with Gasteiger partial charge in [0, 0.05) is 17.6 Å². The first-order valence-electron chi connectivity index (χ1n) is 9.97. The van der Waals surface area contributed by atoms with Crippen molar-refractivity contribution >= 4 is 18.0 Å². The van der Waals surface area contributed by atoms with Gasteiger partial charge < -0.3 is 14.2 Å². The largest absolute Gasteiger partial charge is 0.458 e. The van der Waals surface area contributed by atoms with Gasteiger partial charge in [-0.1, -0.05) is 12.8 Å². The Balaban J connectivity index is 1.59. The Morgan fingerprint density at radius 2 is 2.04 bits per heavy atom. The third kappa shape index (κ3) is 3.20. The Kier molecular flexibility index (Phi) is 4.51. The molecule has 0 aromatic carbocycles. The van der Waals surface area contributed by atoms with Gasteiger partial charge in [-0.15, -0.1) is 0 Å². The fraction of sp³-hybridized carbons (Fsp3) is 0.667. The lowest BCUT2D eigenvalue weighted by molar-refractivity contribution is -0.152. The zero-order valence-corrected chi connectivity index (χ0v) is 16.8. The second-order valence-electron chi connectivity index (χ2n) is 9.18. The normalized spacial score (nSPS) is 35.7. The van der Waals surface area contributed by atoms with Crippen LogP contribution in [0, 0.1) is 17.8 Å². The van der Waals surface area contributed by atoms with Gasteiger partial charge in [-0.3, -0.25) is 4.79 Å². The highest BCUT2D eigenvalue weighted by molar-refractivity contribution is 6.05. The van der Waals surface area contributed by atoms with Gasteiger partial charge in [-0.2, -0.15) is 0 Å². The number of carbonyl (C=O) groups excluding carboxylic acids is 3. The maximum absolute atomic E-state index is 13.1. The van der Waals surface area contributed by atoms with Crippen LogP contribution in [0.4, 0.5) is 4.79 Å². The number of nitrogens with zero attached hydrogens (tertiary/aromatic N) is 1. The van der Waals surface area contributed by atoms with Crippen LogP contribution in [0.1, 0.15) is 53.4 Å². The summed E-state index contributed by atoms with van der Waals surface area (Å²) in [5.41, 5.74) is 0.272. The van der Waals surface area contributed by atoms with E-state index in [0.29, 0.717) is 23.0 Å². The molecule has 4 aliphatic rings. The Morgan fingerprint density at radius 1 is 1.29 bits per heavy atom. The summed E-state index contributed by atoms with van der Waals surface area (Å²) in [6.07, 6.45) is 5.69. The lowest BCUT2D eigenvalue weighted by Crippen LogP contribution is -2.45. The van der Waals surface area contributed by atoms with Gasteiger partial charge in [0.1, 0.15) is 5.60 Å². The van der Waals surface area contributed by atoms with E-state index in [-0.39, 0.29) is 17.9 Å². The molecule has 0 spiro atoms. The second-order valence-corrected chi connectivity index (χ2v) is 9.18. The summed E-state index contributed by atoms with van der Waals surface area (Å²) < 4.78 is 16.2. The fourth-order valence-electron chi connectivity index (χ4n) is 5.05. The van der Waals surface area contributed by atoms with Crippen molar-refractivity contribution in [3.8, 4) is 0 Å². The number of rotatable bonds is 2. The summed E-state index contributed by atoms with van der Waals surface area (Å²) >= 11 is 0. The molecule has 1 saturated heterocycles. The van der Waals surface area contributed by atoms with Crippen LogP contribution in [-0.2, 0) is 23.8 Å². The summed E-state index contributed by atoms with van der Waals surface area (Å²) in [5.74, 6) is -0.0105. The SMILES string of the molecule is CC1=CC(O/C=C2/C(=O)N(C(=O)OC(C)(C)C)[C@@H]3[C@H]4CCC[C@H]4C[C@H]23)OC1=O. The van der Waals surface area contributed by atoms with Crippen LogP contribution < -0.4 is 0 Å². The minimum atomic E-state index is -0.831. The molecule has 7 nitrogen and oxygen atoms in total. The van der Waals surface area contributed by atoms with Crippen molar-refractivity contribution in [1.82, 2.24) is 4.90 Å². The number of esters is 1. The number of likely N-dealkylation sites (tertiary alicyclic amines) is 1. The molecule has 2 amide bonds. The van der Waals surface area contributed by atoms with Crippen molar-refractivity contribution in [2.24, 2.45) is 17.8 Å². The highest BCUT2D eigenvalue weighted by atomic mass is 16.7. The average Bonchev–Trinajstić information content (AvgIpc) is 3.28. The molecular formula is C21H27NO6. The number of ether oxygens (including phenoxy) is 3. The molecule has 1 unspecified atom stereocenters. The number of carbonyl (C=O) groups is 3. The first-order chi connectivity index (χ1) is 13.2. The van der Waals surface area contributed by atoms with Gasteiger partial charge in [0.2, 0.25) is 0 Å². The van der Waals surface area contributed by atoms with Crippen molar-refractivity contribution < 1.29 is 28.6 Å². The van der Waals surface area contributed by atoms with E-state index in [4.69, 9.17) is 14.2 Å². The molecule has 2 heterocycles. The number of hydrogen-bond acceptors (Lipinski definition) is 6. The van der Waals surface area contributed by atoms with Crippen molar-refractivity contribution in [2.75, 3.05) is 0 Å². The third-order valence-corrected chi connectivity index (χ3v) is 6.14. The molecule has 5 atom stereocenters. The smallest absolute Gasteiger partial charge is 0.417 e. The highest BCUT2D eigenvalue weighted by Crippen LogP contribution is 2.54. The highest BCUT2D eigenvalue weighted by Gasteiger charge is 2.58. The number of amides is 2. The molecular weight excluding hydrogens is 362 g/mol. The van der Waals surface area contributed by atoms with E-state index in [1.165, 1.54) is 11.2 Å². The van der Waals surface area contributed by atoms with Gasteiger partial charge in [0.25, 0.3) is 12.2 Å². The summed E-state index contributed by atoms with van der Waals surface area (Å²) in [6.45, 7) is 7.02. The molecule has 0 radical (unpaired) electrons. The van der Waals surface area contributed by atoms with Gasteiger partial charge in [0.05, 0.1) is 17.9 Å². The zero-order chi connectivity index (χ0) is 20.2. The number of fused-ring (bicyclic) bond motifs is 3. The van der Waals surface area contributed by atoms with E-state index in [1.807, 2.05) is 0 Å². The third-order valence-electron chi connectivity index (χ3n) is 6.14. The number of imide groups is 1. The van der Waals surface area contributed by atoms with Crippen LogP contribution in [0.3, 0.4) is 0 Å².